The number of methoxy groups -OCH3 is 1. The fourth-order valence-electron chi connectivity index (χ4n) is 3.07. The number of rotatable bonds is 6. The highest BCUT2D eigenvalue weighted by molar-refractivity contribution is 7.10. The van der Waals surface area contributed by atoms with Gasteiger partial charge < -0.3 is 15.0 Å². The smallest absolute Gasteiger partial charge is 0.234 e. The molecule has 3 rings (SSSR count). The molecule has 1 atom stereocenters. The molecule has 1 aromatic heterocycles. The Hall–Kier alpha value is -2.05. The lowest BCUT2D eigenvalue weighted by Gasteiger charge is -2.36. The van der Waals surface area contributed by atoms with E-state index in [0.717, 1.165) is 31.9 Å². The van der Waals surface area contributed by atoms with Gasteiger partial charge in [0.1, 0.15) is 5.75 Å². The summed E-state index contributed by atoms with van der Waals surface area (Å²) in [4.78, 5) is 18.0. The molecule has 1 fully saturated rings. The van der Waals surface area contributed by atoms with E-state index in [0.29, 0.717) is 6.54 Å². The van der Waals surface area contributed by atoms with E-state index in [9.17, 15) is 4.79 Å². The van der Waals surface area contributed by atoms with Crippen LogP contribution in [0.5, 0.6) is 5.75 Å². The second-order valence-electron chi connectivity index (χ2n) is 6.27. The van der Waals surface area contributed by atoms with Crippen molar-refractivity contribution in [1.29, 1.82) is 0 Å². The molecule has 2 heterocycles. The van der Waals surface area contributed by atoms with E-state index < -0.39 is 0 Å². The summed E-state index contributed by atoms with van der Waals surface area (Å²) in [6, 6.07) is 12.3. The first kappa shape index (κ1) is 17.8. The minimum Gasteiger partial charge on any atom is -0.497 e. The number of piperazine rings is 1. The van der Waals surface area contributed by atoms with E-state index in [1.807, 2.05) is 30.5 Å². The lowest BCUT2D eigenvalue weighted by Crippen LogP contribution is -2.49. The second-order valence-corrected chi connectivity index (χ2v) is 7.25. The molecule has 0 spiro atoms. The van der Waals surface area contributed by atoms with E-state index in [-0.39, 0.29) is 11.9 Å². The molecule has 1 aliphatic rings. The number of benzene rings is 1. The maximum absolute atomic E-state index is 12.3. The number of nitrogens with zero attached hydrogens (tertiary/aromatic N) is 2. The minimum absolute atomic E-state index is 0.0746. The molecule has 1 N–H and O–H groups in total. The zero-order valence-corrected chi connectivity index (χ0v) is 15.6. The van der Waals surface area contributed by atoms with Crippen molar-refractivity contribution < 1.29 is 9.53 Å². The summed E-state index contributed by atoms with van der Waals surface area (Å²) in [7, 11) is 1.69. The summed E-state index contributed by atoms with van der Waals surface area (Å²) in [6.07, 6.45) is 0. The molecule has 0 radical (unpaired) electrons. The third-order valence-corrected chi connectivity index (χ3v) is 5.56. The first-order valence-electron chi connectivity index (χ1n) is 8.60. The molecule has 1 saturated heterocycles. The van der Waals surface area contributed by atoms with Gasteiger partial charge in [0.05, 0.1) is 19.7 Å². The van der Waals surface area contributed by atoms with Crippen LogP contribution in [-0.4, -0.2) is 50.6 Å². The van der Waals surface area contributed by atoms with Crippen LogP contribution in [0, 0.1) is 0 Å². The van der Waals surface area contributed by atoms with Crippen molar-refractivity contribution in [2.24, 2.45) is 0 Å². The molecular weight excluding hydrogens is 334 g/mol. The Labute approximate surface area is 153 Å². The van der Waals surface area contributed by atoms with Gasteiger partial charge in [-0.3, -0.25) is 9.69 Å². The highest BCUT2D eigenvalue weighted by atomic mass is 32.1. The van der Waals surface area contributed by atoms with E-state index in [1.165, 1.54) is 10.6 Å². The maximum atomic E-state index is 12.3. The number of amides is 1. The molecule has 1 aromatic carbocycles. The highest BCUT2D eigenvalue weighted by Crippen LogP contribution is 2.22. The molecular formula is C19H25N3O2S. The number of hydrogen-bond acceptors (Lipinski definition) is 5. The first-order valence-corrected chi connectivity index (χ1v) is 9.48. The van der Waals surface area contributed by atoms with Crippen molar-refractivity contribution in [3.05, 3.63) is 46.7 Å². The van der Waals surface area contributed by atoms with Gasteiger partial charge in [-0.25, -0.2) is 0 Å². The third-order valence-electron chi connectivity index (χ3n) is 4.51. The van der Waals surface area contributed by atoms with Crippen LogP contribution in [0.25, 0.3) is 0 Å². The quantitative estimate of drug-likeness (QED) is 0.861. The Morgan fingerprint density at radius 1 is 1.24 bits per heavy atom. The van der Waals surface area contributed by atoms with Crippen molar-refractivity contribution in [3.8, 4) is 5.75 Å². The molecule has 2 aromatic rings. The van der Waals surface area contributed by atoms with E-state index in [1.54, 1.807) is 18.4 Å². The van der Waals surface area contributed by atoms with Crippen LogP contribution in [0.1, 0.15) is 17.8 Å². The number of nitrogens with one attached hydrogen (secondary N) is 1. The van der Waals surface area contributed by atoms with Gasteiger partial charge in [0.2, 0.25) is 5.91 Å². The summed E-state index contributed by atoms with van der Waals surface area (Å²) in [5, 5.41) is 5.12. The van der Waals surface area contributed by atoms with Crippen molar-refractivity contribution >= 4 is 22.9 Å². The number of ether oxygens (including phenoxy) is 1. The fourth-order valence-corrected chi connectivity index (χ4v) is 3.80. The predicted octanol–water partition coefficient (Wildman–Crippen LogP) is 2.76. The van der Waals surface area contributed by atoms with Gasteiger partial charge in [0, 0.05) is 42.8 Å². The lowest BCUT2D eigenvalue weighted by atomic mass is 10.2. The van der Waals surface area contributed by atoms with Gasteiger partial charge in [0.15, 0.2) is 0 Å². The molecule has 134 valence electrons. The number of anilines is 1. The first-order chi connectivity index (χ1) is 12.2. The molecule has 1 amide bonds. The molecule has 1 aliphatic heterocycles. The predicted molar refractivity (Wildman–Crippen MR) is 103 cm³/mol. The summed E-state index contributed by atoms with van der Waals surface area (Å²) < 4.78 is 5.30. The van der Waals surface area contributed by atoms with Gasteiger partial charge >= 0.3 is 0 Å². The highest BCUT2D eigenvalue weighted by Gasteiger charge is 2.20. The van der Waals surface area contributed by atoms with Crippen LogP contribution >= 0.6 is 11.3 Å². The van der Waals surface area contributed by atoms with Gasteiger partial charge in [0.25, 0.3) is 0 Å². The third kappa shape index (κ3) is 4.74. The standard InChI is InChI=1S/C19H25N3O2S/c1-15(18-7-4-12-25-18)20-19(23)14-21-8-10-22(11-9-21)16-5-3-6-17(13-16)24-2/h3-7,12-13,15H,8-11,14H2,1-2H3,(H,20,23)/t15-/m1/s1. The number of hydrogen-bond donors (Lipinski definition) is 1. The number of carbonyl (C=O) groups excluding carboxylic acids is 1. The van der Waals surface area contributed by atoms with Gasteiger partial charge in [-0.05, 0) is 30.5 Å². The number of carbonyl (C=O) groups is 1. The Bertz CT molecular complexity index is 682. The van der Waals surface area contributed by atoms with Crippen LogP contribution in [0.3, 0.4) is 0 Å². The summed E-state index contributed by atoms with van der Waals surface area (Å²) in [5.41, 5.74) is 1.18. The normalized spacial score (nSPS) is 16.5. The lowest BCUT2D eigenvalue weighted by molar-refractivity contribution is -0.122. The summed E-state index contributed by atoms with van der Waals surface area (Å²) in [6.45, 7) is 6.10. The van der Waals surface area contributed by atoms with Crippen LogP contribution < -0.4 is 15.0 Å². The summed E-state index contributed by atoms with van der Waals surface area (Å²) in [5.74, 6) is 0.970. The van der Waals surface area contributed by atoms with Crippen molar-refractivity contribution in [1.82, 2.24) is 10.2 Å². The molecule has 0 bridgehead atoms. The van der Waals surface area contributed by atoms with Crippen molar-refractivity contribution in [2.45, 2.75) is 13.0 Å². The van der Waals surface area contributed by atoms with E-state index in [4.69, 9.17) is 4.74 Å². The van der Waals surface area contributed by atoms with Gasteiger partial charge in [-0.1, -0.05) is 12.1 Å². The zero-order chi connectivity index (χ0) is 17.6. The Morgan fingerprint density at radius 3 is 2.72 bits per heavy atom. The Morgan fingerprint density at radius 2 is 2.04 bits per heavy atom. The zero-order valence-electron chi connectivity index (χ0n) is 14.8. The molecule has 0 unspecified atom stereocenters. The second kappa shape index (κ2) is 8.36. The van der Waals surface area contributed by atoms with Crippen LogP contribution in [-0.2, 0) is 4.79 Å². The Balaban J connectivity index is 1.46. The molecule has 0 saturated carbocycles. The maximum Gasteiger partial charge on any atom is 0.234 e. The van der Waals surface area contributed by atoms with Crippen LogP contribution in [0.4, 0.5) is 5.69 Å². The average Bonchev–Trinajstić information content (AvgIpc) is 3.17. The topological polar surface area (TPSA) is 44.8 Å². The van der Waals surface area contributed by atoms with E-state index >= 15 is 0 Å². The molecule has 25 heavy (non-hydrogen) atoms. The van der Waals surface area contributed by atoms with Gasteiger partial charge in [-0.15, -0.1) is 11.3 Å². The van der Waals surface area contributed by atoms with Crippen LogP contribution in [0.15, 0.2) is 41.8 Å². The fraction of sp³-hybridized carbons (Fsp3) is 0.421. The van der Waals surface area contributed by atoms with E-state index in [2.05, 4.69) is 33.3 Å². The molecule has 5 nitrogen and oxygen atoms in total. The number of thiophene rings is 1. The van der Waals surface area contributed by atoms with Crippen molar-refractivity contribution in [3.63, 3.8) is 0 Å². The summed E-state index contributed by atoms with van der Waals surface area (Å²) >= 11 is 1.67. The van der Waals surface area contributed by atoms with Crippen LogP contribution in [0.2, 0.25) is 0 Å². The van der Waals surface area contributed by atoms with Gasteiger partial charge in [-0.2, -0.15) is 0 Å². The minimum atomic E-state index is 0.0746. The molecule has 6 heteroatoms. The largest absolute Gasteiger partial charge is 0.497 e. The van der Waals surface area contributed by atoms with Crippen molar-refractivity contribution in [2.75, 3.05) is 44.7 Å². The molecule has 0 aliphatic carbocycles. The average molecular weight is 359 g/mol. The SMILES string of the molecule is COc1cccc(N2CCN(CC(=O)N[C@H](C)c3cccs3)CC2)c1. The Kier molecular flexibility index (Phi) is 5.94. The monoisotopic (exact) mass is 359 g/mol.